The molecule has 0 heterocycles. The zero-order valence-electron chi connectivity index (χ0n) is 20.2. The van der Waals surface area contributed by atoms with Crippen molar-refractivity contribution in [3.63, 3.8) is 0 Å². The molecule has 0 saturated heterocycles. The van der Waals surface area contributed by atoms with E-state index in [1.54, 1.807) is 67.2 Å². The number of rotatable bonds is 9. The minimum Gasteiger partial charge on any atom is -0.341 e. The van der Waals surface area contributed by atoms with Gasteiger partial charge in [-0.15, -0.1) is 11.8 Å². The van der Waals surface area contributed by atoms with Crippen molar-refractivity contribution in [2.24, 2.45) is 0 Å². The molecule has 0 aliphatic rings. The molecule has 1 amide bonds. The lowest BCUT2D eigenvalue weighted by molar-refractivity contribution is 0.0943. The Balaban J connectivity index is 1.56. The van der Waals surface area contributed by atoms with Crippen LogP contribution in [0.5, 0.6) is 0 Å². The van der Waals surface area contributed by atoms with Crippen LogP contribution in [0.25, 0.3) is 0 Å². The highest BCUT2D eigenvalue weighted by molar-refractivity contribution is 7.98. The molecule has 4 aromatic carbocycles. The van der Waals surface area contributed by atoms with Gasteiger partial charge < -0.3 is 5.32 Å². The first-order chi connectivity index (χ1) is 17.4. The normalized spacial score (nSPS) is 11.3. The first kappa shape index (κ1) is 25.5. The minimum absolute atomic E-state index is 0.234. The highest BCUT2D eigenvalue weighted by Gasteiger charge is 2.24. The van der Waals surface area contributed by atoms with E-state index in [2.05, 4.69) is 5.32 Å². The van der Waals surface area contributed by atoms with Gasteiger partial charge in [-0.25, -0.2) is 8.42 Å². The molecule has 0 atom stereocenters. The Morgan fingerprint density at radius 3 is 1.81 bits per heavy atom. The van der Waals surface area contributed by atoms with Crippen molar-refractivity contribution in [3.05, 3.63) is 126 Å². The molecule has 4 aromatic rings. The SMILES string of the molecule is CCN(c1ccc(C(=O)NC(c2ccccc2)c2ccccc2)cc1)S(=O)(=O)c1ccc(SC)cc1. The van der Waals surface area contributed by atoms with E-state index in [4.69, 9.17) is 0 Å². The lowest BCUT2D eigenvalue weighted by atomic mass is 9.98. The summed E-state index contributed by atoms with van der Waals surface area (Å²) < 4.78 is 27.9. The summed E-state index contributed by atoms with van der Waals surface area (Å²) in [5, 5.41) is 3.12. The molecule has 0 bridgehead atoms. The van der Waals surface area contributed by atoms with Crippen LogP contribution in [0.2, 0.25) is 0 Å². The number of anilines is 1. The summed E-state index contributed by atoms with van der Waals surface area (Å²) in [4.78, 5) is 14.4. The largest absolute Gasteiger partial charge is 0.341 e. The molecule has 0 fully saturated rings. The van der Waals surface area contributed by atoms with Crippen LogP contribution in [0, 0.1) is 0 Å². The average molecular weight is 517 g/mol. The van der Waals surface area contributed by atoms with Gasteiger partial charge >= 0.3 is 0 Å². The van der Waals surface area contributed by atoms with Crippen LogP contribution in [0.1, 0.15) is 34.5 Å². The molecule has 0 spiro atoms. The van der Waals surface area contributed by atoms with Crippen molar-refractivity contribution in [3.8, 4) is 0 Å². The number of nitrogens with one attached hydrogen (secondary N) is 1. The van der Waals surface area contributed by atoms with Gasteiger partial charge in [0.1, 0.15) is 0 Å². The van der Waals surface area contributed by atoms with Crippen molar-refractivity contribution in [1.82, 2.24) is 5.32 Å². The first-order valence-electron chi connectivity index (χ1n) is 11.6. The van der Waals surface area contributed by atoms with E-state index in [0.717, 1.165) is 16.0 Å². The number of hydrogen-bond acceptors (Lipinski definition) is 4. The van der Waals surface area contributed by atoms with Crippen molar-refractivity contribution in [2.75, 3.05) is 17.1 Å². The molecule has 36 heavy (non-hydrogen) atoms. The van der Waals surface area contributed by atoms with Gasteiger partial charge in [-0.2, -0.15) is 0 Å². The molecule has 0 unspecified atom stereocenters. The van der Waals surface area contributed by atoms with Crippen molar-refractivity contribution < 1.29 is 13.2 Å². The van der Waals surface area contributed by atoms with Crippen molar-refractivity contribution >= 4 is 33.4 Å². The Kier molecular flexibility index (Phi) is 8.13. The molecule has 0 saturated carbocycles. The monoisotopic (exact) mass is 516 g/mol. The molecule has 0 radical (unpaired) electrons. The Morgan fingerprint density at radius 2 is 1.33 bits per heavy atom. The molecule has 0 aliphatic carbocycles. The second-order valence-electron chi connectivity index (χ2n) is 8.12. The fourth-order valence-corrected chi connectivity index (χ4v) is 5.89. The maximum Gasteiger partial charge on any atom is 0.264 e. The van der Waals surface area contributed by atoms with Gasteiger partial charge in [-0.1, -0.05) is 60.7 Å². The van der Waals surface area contributed by atoms with Gasteiger partial charge in [0, 0.05) is 17.0 Å². The Bertz CT molecular complexity index is 1350. The number of carbonyl (C=O) groups is 1. The zero-order valence-corrected chi connectivity index (χ0v) is 21.8. The van der Waals surface area contributed by atoms with E-state index >= 15 is 0 Å². The quantitative estimate of drug-likeness (QED) is 0.271. The zero-order chi connectivity index (χ0) is 25.5. The molecule has 4 rings (SSSR count). The first-order valence-corrected chi connectivity index (χ1v) is 14.3. The van der Waals surface area contributed by atoms with Crippen LogP contribution in [0.15, 0.2) is 119 Å². The van der Waals surface area contributed by atoms with Crippen LogP contribution in [-0.2, 0) is 10.0 Å². The number of nitrogens with zero attached hydrogens (tertiary/aromatic N) is 1. The van der Waals surface area contributed by atoms with Crippen molar-refractivity contribution in [1.29, 1.82) is 0 Å². The predicted octanol–water partition coefficient (Wildman–Crippen LogP) is 6.14. The molecule has 7 heteroatoms. The summed E-state index contributed by atoms with van der Waals surface area (Å²) in [5.74, 6) is -0.238. The molecular weight excluding hydrogens is 488 g/mol. The second-order valence-corrected chi connectivity index (χ2v) is 10.9. The summed E-state index contributed by atoms with van der Waals surface area (Å²) in [6.45, 7) is 2.06. The predicted molar refractivity (Wildman–Crippen MR) is 147 cm³/mol. The fourth-order valence-electron chi connectivity index (χ4n) is 4.01. The average Bonchev–Trinajstić information content (AvgIpc) is 2.93. The standard InChI is InChI=1S/C29H28N2O3S2/c1-3-31(36(33,34)27-20-18-26(35-2)19-21-27)25-16-14-24(15-17-25)29(32)30-28(22-10-6-4-7-11-22)23-12-8-5-9-13-23/h4-21,28H,3H2,1-2H3,(H,30,32). The van der Waals surface area contributed by atoms with Gasteiger partial charge in [0.05, 0.1) is 16.6 Å². The summed E-state index contributed by atoms with van der Waals surface area (Å²) in [6, 6.07) is 32.8. The van der Waals surface area contributed by atoms with Crippen LogP contribution in [0.4, 0.5) is 5.69 Å². The number of sulfonamides is 1. The number of hydrogen-bond donors (Lipinski definition) is 1. The maximum atomic E-state index is 13.3. The minimum atomic E-state index is -3.73. The highest BCUT2D eigenvalue weighted by Crippen LogP contribution is 2.27. The molecule has 0 aliphatic heterocycles. The van der Waals surface area contributed by atoms with E-state index in [-0.39, 0.29) is 23.4 Å². The Morgan fingerprint density at radius 1 is 0.806 bits per heavy atom. The topological polar surface area (TPSA) is 66.5 Å². The van der Waals surface area contributed by atoms with E-state index < -0.39 is 10.0 Å². The van der Waals surface area contributed by atoms with E-state index in [0.29, 0.717) is 11.3 Å². The van der Waals surface area contributed by atoms with Gasteiger partial charge in [0.25, 0.3) is 15.9 Å². The summed E-state index contributed by atoms with van der Waals surface area (Å²) in [7, 11) is -3.73. The molecule has 1 N–H and O–H groups in total. The molecular formula is C29H28N2O3S2. The van der Waals surface area contributed by atoms with Gasteiger partial charge in [-0.05, 0) is 72.8 Å². The van der Waals surface area contributed by atoms with E-state index in [1.165, 1.54) is 4.31 Å². The van der Waals surface area contributed by atoms with Gasteiger partial charge in [-0.3, -0.25) is 9.10 Å². The number of thioether (sulfide) groups is 1. The highest BCUT2D eigenvalue weighted by atomic mass is 32.2. The van der Waals surface area contributed by atoms with E-state index in [1.807, 2.05) is 66.9 Å². The van der Waals surface area contributed by atoms with Gasteiger partial charge in [0.15, 0.2) is 0 Å². The Labute approximate surface area is 217 Å². The van der Waals surface area contributed by atoms with Gasteiger partial charge in [0.2, 0.25) is 0 Å². The van der Waals surface area contributed by atoms with Crippen molar-refractivity contribution in [2.45, 2.75) is 22.8 Å². The third-order valence-corrected chi connectivity index (χ3v) is 8.55. The number of amides is 1. The third kappa shape index (κ3) is 5.64. The van der Waals surface area contributed by atoms with Crippen LogP contribution in [-0.4, -0.2) is 27.1 Å². The number of carbonyl (C=O) groups excluding carboxylic acids is 1. The van der Waals surface area contributed by atoms with Crippen LogP contribution >= 0.6 is 11.8 Å². The summed E-state index contributed by atoms with van der Waals surface area (Å²) in [5.41, 5.74) is 2.91. The van der Waals surface area contributed by atoms with E-state index in [9.17, 15) is 13.2 Å². The Hall–Kier alpha value is -3.55. The number of benzene rings is 4. The molecule has 184 valence electrons. The lowest BCUT2D eigenvalue weighted by Crippen LogP contribution is -2.31. The second kappa shape index (κ2) is 11.5. The molecule has 0 aromatic heterocycles. The lowest BCUT2D eigenvalue weighted by Gasteiger charge is -2.23. The third-order valence-electron chi connectivity index (χ3n) is 5.89. The van der Waals surface area contributed by atoms with Crippen LogP contribution in [0.3, 0.4) is 0 Å². The fraction of sp³-hybridized carbons (Fsp3) is 0.138. The van der Waals surface area contributed by atoms with Crippen LogP contribution < -0.4 is 9.62 Å². The maximum absolute atomic E-state index is 13.3. The molecule has 5 nitrogen and oxygen atoms in total. The smallest absolute Gasteiger partial charge is 0.264 e. The summed E-state index contributed by atoms with van der Waals surface area (Å²) in [6.07, 6.45) is 1.95. The summed E-state index contributed by atoms with van der Waals surface area (Å²) >= 11 is 1.56.